The van der Waals surface area contributed by atoms with Crippen molar-refractivity contribution in [3.63, 3.8) is 0 Å². The number of carbonyl (C=O) groups excluding carboxylic acids is 1. The average molecular weight is 202 g/mol. The SMILES string of the molecule is O=C(O[C@@H]1C=CCCC1)c1ccccc1. The lowest BCUT2D eigenvalue weighted by Crippen LogP contribution is -2.17. The van der Waals surface area contributed by atoms with E-state index in [9.17, 15) is 4.79 Å². The molecule has 0 fully saturated rings. The van der Waals surface area contributed by atoms with Gasteiger partial charge in [-0.15, -0.1) is 0 Å². The zero-order valence-electron chi connectivity index (χ0n) is 8.56. The summed E-state index contributed by atoms with van der Waals surface area (Å²) in [7, 11) is 0. The summed E-state index contributed by atoms with van der Waals surface area (Å²) in [5.41, 5.74) is 0.622. The lowest BCUT2D eigenvalue weighted by atomic mass is 10.1. The molecule has 1 atom stereocenters. The third-order valence-corrected chi connectivity index (χ3v) is 2.48. The number of rotatable bonds is 2. The van der Waals surface area contributed by atoms with Crippen LogP contribution < -0.4 is 0 Å². The van der Waals surface area contributed by atoms with Gasteiger partial charge in [-0.2, -0.15) is 0 Å². The van der Waals surface area contributed by atoms with Crippen molar-refractivity contribution < 1.29 is 9.53 Å². The second-order valence-corrected chi connectivity index (χ2v) is 3.67. The smallest absolute Gasteiger partial charge is 0.338 e. The molecule has 1 aromatic carbocycles. The van der Waals surface area contributed by atoms with Gasteiger partial charge in [0.1, 0.15) is 6.10 Å². The first-order valence-corrected chi connectivity index (χ1v) is 5.29. The molecule has 1 aliphatic carbocycles. The van der Waals surface area contributed by atoms with E-state index in [0.29, 0.717) is 5.56 Å². The Morgan fingerprint density at radius 1 is 1.27 bits per heavy atom. The fourth-order valence-corrected chi connectivity index (χ4v) is 1.66. The van der Waals surface area contributed by atoms with E-state index in [1.54, 1.807) is 12.1 Å². The minimum Gasteiger partial charge on any atom is -0.455 e. The standard InChI is InChI=1S/C13H14O2/c14-13(11-7-3-1-4-8-11)15-12-9-5-2-6-10-12/h1,3-5,7-9,12H,2,6,10H2/t12-/m1/s1. The molecule has 0 aliphatic heterocycles. The number of hydrogen-bond acceptors (Lipinski definition) is 2. The van der Waals surface area contributed by atoms with Crippen LogP contribution in [-0.2, 0) is 4.74 Å². The van der Waals surface area contributed by atoms with E-state index < -0.39 is 0 Å². The molecule has 0 heterocycles. The molecule has 0 radical (unpaired) electrons. The van der Waals surface area contributed by atoms with Gasteiger partial charge in [0, 0.05) is 0 Å². The normalized spacial score (nSPS) is 19.9. The predicted molar refractivity (Wildman–Crippen MR) is 58.6 cm³/mol. The van der Waals surface area contributed by atoms with Crippen molar-refractivity contribution in [1.82, 2.24) is 0 Å². The Morgan fingerprint density at radius 2 is 2.07 bits per heavy atom. The summed E-state index contributed by atoms with van der Waals surface area (Å²) in [5, 5.41) is 0. The van der Waals surface area contributed by atoms with Crippen LogP contribution in [0.25, 0.3) is 0 Å². The quantitative estimate of drug-likeness (QED) is 0.544. The van der Waals surface area contributed by atoms with Crippen LogP contribution in [0.15, 0.2) is 42.5 Å². The fraction of sp³-hybridized carbons (Fsp3) is 0.308. The summed E-state index contributed by atoms with van der Waals surface area (Å²) >= 11 is 0. The molecule has 0 saturated heterocycles. The van der Waals surface area contributed by atoms with Gasteiger partial charge in [0.05, 0.1) is 5.56 Å². The molecule has 0 bridgehead atoms. The van der Waals surface area contributed by atoms with Crippen LogP contribution in [0.3, 0.4) is 0 Å². The number of carbonyl (C=O) groups is 1. The first kappa shape index (κ1) is 9.97. The molecular weight excluding hydrogens is 188 g/mol. The van der Waals surface area contributed by atoms with Crippen LogP contribution >= 0.6 is 0 Å². The molecule has 1 aliphatic rings. The minimum atomic E-state index is -0.229. The summed E-state index contributed by atoms with van der Waals surface area (Å²) in [6.45, 7) is 0. The van der Waals surface area contributed by atoms with Crippen molar-refractivity contribution >= 4 is 5.97 Å². The van der Waals surface area contributed by atoms with Crippen molar-refractivity contribution in [3.05, 3.63) is 48.0 Å². The molecule has 1 aromatic rings. The predicted octanol–water partition coefficient (Wildman–Crippen LogP) is 2.95. The summed E-state index contributed by atoms with van der Waals surface area (Å²) in [6.07, 6.45) is 7.15. The molecule has 0 spiro atoms. The summed E-state index contributed by atoms with van der Waals surface area (Å²) in [4.78, 5) is 11.7. The Kier molecular flexibility index (Phi) is 3.18. The van der Waals surface area contributed by atoms with Crippen LogP contribution in [0.4, 0.5) is 0 Å². The van der Waals surface area contributed by atoms with Gasteiger partial charge in [0.25, 0.3) is 0 Å². The van der Waals surface area contributed by atoms with Crippen molar-refractivity contribution in [2.75, 3.05) is 0 Å². The van der Waals surface area contributed by atoms with Crippen LogP contribution in [0.2, 0.25) is 0 Å². The zero-order valence-corrected chi connectivity index (χ0v) is 8.56. The maximum atomic E-state index is 11.7. The highest BCUT2D eigenvalue weighted by atomic mass is 16.5. The third-order valence-electron chi connectivity index (χ3n) is 2.48. The highest BCUT2D eigenvalue weighted by Crippen LogP contribution is 2.15. The molecule has 0 unspecified atom stereocenters. The van der Waals surface area contributed by atoms with Gasteiger partial charge >= 0.3 is 5.97 Å². The molecule has 0 saturated carbocycles. The van der Waals surface area contributed by atoms with Gasteiger partial charge in [-0.05, 0) is 37.5 Å². The Morgan fingerprint density at radius 3 is 2.73 bits per heavy atom. The molecule has 15 heavy (non-hydrogen) atoms. The summed E-state index contributed by atoms with van der Waals surface area (Å²) in [6, 6.07) is 9.11. The van der Waals surface area contributed by atoms with Crippen LogP contribution in [-0.4, -0.2) is 12.1 Å². The van der Waals surface area contributed by atoms with E-state index in [2.05, 4.69) is 6.08 Å². The van der Waals surface area contributed by atoms with E-state index in [4.69, 9.17) is 4.74 Å². The Hall–Kier alpha value is -1.57. The maximum Gasteiger partial charge on any atom is 0.338 e. The minimum absolute atomic E-state index is 0.0357. The highest BCUT2D eigenvalue weighted by Gasteiger charge is 2.14. The molecule has 78 valence electrons. The van der Waals surface area contributed by atoms with Gasteiger partial charge < -0.3 is 4.74 Å². The van der Waals surface area contributed by atoms with E-state index >= 15 is 0 Å². The Labute approximate surface area is 89.6 Å². The molecular formula is C13H14O2. The van der Waals surface area contributed by atoms with Gasteiger partial charge in [-0.3, -0.25) is 0 Å². The molecule has 2 heteroatoms. The van der Waals surface area contributed by atoms with Gasteiger partial charge in [0.2, 0.25) is 0 Å². The third kappa shape index (κ3) is 2.69. The van der Waals surface area contributed by atoms with Gasteiger partial charge in [0.15, 0.2) is 0 Å². The average Bonchev–Trinajstić information content (AvgIpc) is 2.31. The first-order chi connectivity index (χ1) is 7.36. The van der Waals surface area contributed by atoms with Crippen LogP contribution in [0.5, 0.6) is 0 Å². The van der Waals surface area contributed by atoms with E-state index in [1.807, 2.05) is 24.3 Å². The van der Waals surface area contributed by atoms with Crippen molar-refractivity contribution in [2.45, 2.75) is 25.4 Å². The summed E-state index contributed by atoms with van der Waals surface area (Å²) < 4.78 is 5.35. The second-order valence-electron chi connectivity index (χ2n) is 3.67. The van der Waals surface area contributed by atoms with E-state index in [1.165, 1.54) is 0 Å². The van der Waals surface area contributed by atoms with E-state index in [-0.39, 0.29) is 12.1 Å². The molecule has 0 aromatic heterocycles. The van der Waals surface area contributed by atoms with Crippen molar-refractivity contribution in [1.29, 1.82) is 0 Å². The van der Waals surface area contributed by atoms with E-state index in [0.717, 1.165) is 19.3 Å². The molecule has 2 rings (SSSR count). The number of benzene rings is 1. The Bertz CT molecular complexity index is 354. The monoisotopic (exact) mass is 202 g/mol. The molecule has 0 amide bonds. The molecule has 2 nitrogen and oxygen atoms in total. The van der Waals surface area contributed by atoms with Crippen LogP contribution in [0.1, 0.15) is 29.6 Å². The number of esters is 1. The second kappa shape index (κ2) is 4.78. The first-order valence-electron chi connectivity index (χ1n) is 5.29. The number of ether oxygens (including phenoxy) is 1. The largest absolute Gasteiger partial charge is 0.455 e. The van der Waals surface area contributed by atoms with Crippen molar-refractivity contribution in [2.24, 2.45) is 0 Å². The fourth-order valence-electron chi connectivity index (χ4n) is 1.66. The van der Waals surface area contributed by atoms with Crippen LogP contribution in [0, 0.1) is 0 Å². The maximum absolute atomic E-state index is 11.7. The van der Waals surface area contributed by atoms with Gasteiger partial charge in [-0.1, -0.05) is 24.3 Å². The van der Waals surface area contributed by atoms with Gasteiger partial charge in [-0.25, -0.2) is 4.79 Å². The number of allylic oxidation sites excluding steroid dienone is 1. The summed E-state index contributed by atoms with van der Waals surface area (Å²) in [5.74, 6) is -0.229. The Balaban J connectivity index is 1.98. The topological polar surface area (TPSA) is 26.3 Å². The lowest BCUT2D eigenvalue weighted by molar-refractivity contribution is 0.0370. The lowest BCUT2D eigenvalue weighted by Gasteiger charge is -2.16. The molecule has 0 N–H and O–H groups in total. The highest BCUT2D eigenvalue weighted by molar-refractivity contribution is 5.89. The van der Waals surface area contributed by atoms with Crippen molar-refractivity contribution in [3.8, 4) is 0 Å². The number of hydrogen-bond donors (Lipinski definition) is 0. The zero-order chi connectivity index (χ0) is 10.5.